The average Bonchev–Trinajstić information content (AvgIpc) is 2.74. The normalized spacial score (nSPS) is 17.2. The highest BCUT2D eigenvalue weighted by Crippen LogP contribution is 2.41. The minimum absolute atomic E-state index is 0. The molecule has 7 heteroatoms. The van der Waals surface area contributed by atoms with E-state index in [0.717, 1.165) is 46.7 Å². The van der Waals surface area contributed by atoms with Crippen LogP contribution in [0.25, 0.3) is 0 Å². The molecule has 0 aromatic heterocycles. The SMILES string of the molecule is CCOc1ccc(NCC2CCc3c(cc(OC)c4c3CCC(=O)N4)C2=O)cc1.Cl. The minimum Gasteiger partial charge on any atom is -0.495 e. The van der Waals surface area contributed by atoms with Crippen LogP contribution in [0.1, 0.15) is 41.3 Å². The third kappa shape index (κ3) is 4.24. The van der Waals surface area contributed by atoms with Crippen LogP contribution in [0, 0.1) is 5.92 Å². The van der Waals surface area contributed by atoms with Crippen LogP contribution in [-0.4, -0.2) is 32.0 Å². The van der Waals surface area contributed by atoms with Crippen LogP contribution in [0.15, 0.2) is 30.3 Å². The maximum Gasteiger partial charge on any atom is 0.224 e. The molecule has 0 fully saturated rings. The standard InChI is InChI=1S/C23H26N2O4.ClH/c1-3-29-16-7-5-15(6-8-16)24-13-14-4-9-17-18-10-11-21(26)25-22(18)20(28-2)12-19(17)23(14)27;/h5-8,12,14,24H,3-4,9-11,13H2,1-2H3,(H,25,26);1H. The van der Waals surface area contributed by atoms with Crippen molar-refractivity contribution in [1.29, 1.82) is 0 Å². The lowest BCUT2D eigenvalue weighted by Gasteiger charge is -2.30. The highest BCUT2D eigenvalue weighted by molar-refractivity contribution is 6.04. The Kier molecular flexibility index (Phi) is 6.87. The molecule has 30 heavy (non-hydrogen) atoms. The van der Waals surface area contributed by atoms with Crippen molar-refractivity contribution in [2.75, 3.05) is 30.9 Å². The lowest BCUT2D eigenvalue weighted by molar-refractivity contribution is -0.116. The molecule has 1 atom stereocenters. The number of rotatable bonds is 6. The minimum atomic E-state index is -0.0880. The van der Waals surface area contributed by atoms with E-state index in [1.165, 1.54) is 0 Å². The van der Waals surface area contributed by atoms with E-state index >= 15 is 0 Å². The van der Waals surface area contributed by atoms with Gasteiger partial charge in [-0.1, -0.05) is 0 Å². The number of ketones is 1. The number of carbonyl (C=O) groups is 2. The predicted molar refractivity (Wildman–Crippen MR) is 119 cm³/mol. The van der Waals surface area contributed by atoms with E-state index < -0.39 is 0 Å². The third-order valence-electron chi connectivity index (χ3n) is 5.70. The van der Waals surface area contributed by atoms with Crippen molar-refractivity contribution < 1.29 is 19.1 Å². The van der Waals surface area contributed by atoms with Crippen molar-refractivity contribution in [3.63, 3.8) is 0 Å². The van der Waals surface area contributed by atoms with E-state index in [2.05, 4.69) is 10.6 Å². The maximum absolute atomic E-state index is 13.2. The van der Waals surface area contributed by atoms with Gasteiger partial charge in [0, 0.05) is 30.1 Å². The second-order valence-electron chi connectivity index (χ2n) is 7.44. The van der Waals surface area contributed by atoms with E-state index in [-0.39, 0.29) is 30.0 Å². The molecule has 1 amide bonds. The van der Waals surface area contributed by atoms with Gasteiger partial charge < -0.3 is 20.1 Å². The number of Topliss-reactive ketones (excluding diaryl/α,β-unsaturated/α-hetero) is 1. The third-order valence-corrected chi connectivity index (χ3v) is 5.70. The van der Waals surface area contributed by atoms with Gasteiger partial charge in [-0.3, -0.25) is 9.59 Å². The Bertz CT molecular complexity index is 943. The zero-order valence-electron chi connectivity index (χ0n) is 17.2. The molecule has 0 saturated carbocycles. The molecule has 0 saturated heterocycles. The van der Waals surface area contributed by atoms with E-state index in [1.54, 1.807) is 13.2 Å². The van der Waals surface area contributed by atoms with E-state index in [1.807, 2.05) is 31.2 Å². The number of halogens is 1. The summed E-state index contributed by atoms with van der Waals surface area (Å²) in [7, 11) is 1.57. The van der Waals surface area contributed by atoms with Crippen molar-refractivity contribution in [3.05, 3.63) is 47.0 Å². The number of carbonyl (C=O) groups excluding carboxylic acids is 2. The molecule has 0 spiro atoms. The molecule has 4 rings (SSSR count). The second kappa shape index (κ2) is 9.39. The zero-order chi connectivity index (χ0) is 20.4. The second-order valence-corrected chi connectivity index (χ2v) is 7.44. The lowest BCUT2D eigenvalue weighted by Crippen LogP contribution is -2.31. The Morgan fingerprint density at radius 3 is 2.57 bits per heavy atom. The van der Waals surface area contributed by atoms with Crippen LogP contribution in [0.4, 0.5) is 11.4 Å². The Hall–Kier alpha value is -2.73. The molecule has 2 aromatic rings. The molecular weight excluding hydrogens is 404 g/mol. The highest BCUT2D eigenvalue weighted by atomic mass is 35.5. The van der Waals surface area contributed by atoms with Gasteiger partial charge in [-0.25, -0.2) is 0 Å². The van der Waals surface area contributed by atoms with Gasteiger partial charge in [0.05, 0.1) is 19.4 Å². The van der Waals surface area contributed by atoms with Gasteiger partial charge in [-0.15, -0.1) is 12.4 Å². The first kappa shape index (κ1) is 22.0. The molecule has 2 aromatic carbocycles. The van der Waals surface area contributed by atoms with Crippen LogP contribution >= 0.6 is 12.4 Å². The number of hydrogen-bond donors (Lipinski definition) is 2. The largest absolute Gasteiger partial charge is 0.495 e. The molecule has 2 N–H and O–H groups in total. The summed E-state index contributed by atoms with van der Waals surface area (Å²) < 4.78 is 10.9. The zero-order valence-corrected chi connectivity index (χ0v) is 18.1. The molecule has 1 aliphatic heterocycles. The Labute approximate surface area is 182 Å². The van der Waals surface area contributed by atoms with E-state index in [0.29, 0.717) is 31.7 Å². The number of hydrogen-bond acceptors (Lipinski definition) is 5. The first-order chi connectivity index (χ1) is 14.1. The molecule has 6 nitrogen and oxygen atoms in total. The van der Waals surface area contributed by atoms with Crippen LogP contribution < -0.4 is 20.1 Å². The van der Waals surface area contributed by atoms with Gasteiger partial charge in [0.1, 0.15) is 11.5 Å². The lowest BCUT2D eigenvalue weighted by atomic mass is 9.78. The fraction of sp³-hybridized carbons (Fsp3) is 0.391. The Morgan fingerprint density at radius 1 is 1.10 bits per heavy atom. The monoisotopic (exact) mass is 430 g/mol. The molecule has 0 bridgehead atoms. The van der Waals surface area contributed by atoms with Crippen molar-refractivity contribution >= 4 is 35.5 Å². The fourth-order valence-electron chi connectivity index (χ4n) is 4.21. The van der Waals surface area contributed by atoms with Gasteiger partial charge in [0.15, 0.2) is 5.78 Å². The molecule has 1 unspecified atom stereocenters. The quantitative estimate of drug-likeness (QED) is 0.716. The van der Waals surface area contributed by atoms with Crippen LogP contribution in [0.2, 0.25) is 0 Å². The van der Waals surface area contributed by atoms with Crippen LogP contribution in [-0.2, 0) is 17.6 Å². The number of ether oxygens (including phenoxy) is 2. The summed E-state index contributed by atoms with van der Waals surface area (Å²) in [4.78, 5) is 25.0. The molecule has 2 aliphatic rings. The fourth-order valence-corrected chi connectivity index (χ4v) is 4.21. The summed E-state index contributed by atoms with van der Waals surface area (Å²) in [6, 6.07) is 9.58. The first-order valence-corrected chi connectivity index (χ1v) is 10.1. The Balaban J connectivity index is 0.00000256. The summed E-state index contributed by atoms with van der Waals surface area (Å²) in [5, 5.41) is 6.29. The smallest absolute Gasteiger partial charge is 0.224 e. The number of anilines is 2. The molecular formula is C23H27ClN2O4. The van der Waals surface area contributed by atoms with E-state index in [9.17, 15) is 9.59 Å². The van der Waals surface area contributed by atoms with Crippen molar-refractivity contribution in [1.82, 2.24) is 0 Å². The molecule has 1 aliphatic carbocycles. The summed E-state index contributed by atoms with van der Waals surface area (Å²) in [6.45, 7) is 3.18. The highest BCUT2D eigenvalue weighted by Gasteiger charge is 2.33. The van der Waals surface area contributed by atoms with Gasteiger partial charge in [0.2, 0.25) is 5.91 Å². The van der Waals surface area contributed by atoms with Crippen LogP contribution in [0.5, 0.6) is 11.5 Å². The van der Waals surface area contributed by atoms with E-state index in [4.69, 9.17) is 9.47 Å². The predicted octanol–water partition coefficient (Wildman–Crippen LogP) is 4.26. The summed E-state index contributed by atoms with van der Waals surface area (Å²) in [6.07, 6.45) is 2.73. The summed E-state index contributed by atoms with van der Waals surface area (Å²) >= 11 is 0. The topological polar surface area (TPSA) is 76.7 Å². The van der Waals surface area contributed by atoms with Gasteiger partial charge in [0.25, 0.3) is 0 Å². The first-order valence-electron chi connectivity index (χ1n) is 10.1. The molecule has 0 radical (unpaired) electrons. The summed E-state index contributed by atoms with van der Waals surface area (Å²) in [5.74, 6) is 1.46. The summed E-state index contributed by atoms with van der Waals surface area (Å²) in [5.41, 5.74) is 4.58. The number of methoxy groups -OCH3 is 1. The van der Waals surface area contributed by atoms with Gasteiger partial charge in [-0.2, -0.15) is 0 Å². The maximum atomic E-state index is 13.2. The number of amides is 1. The van der Waals surface area contributed by atoms with Crippen LogP contribution in [0.3, 0.4) is 0 Å². The number of nitrogens with one attached hydrogen (secondary N) is 2. The molecule has 1 heterocycles. The number of benzene rings is 2. The average molecular weight is 431 g/mol. The van der Waals surface area contributed by atoms with Gasteiger partial charge in [-0.05, 0) is 67.6 Å². The van der Waals surface area contributed by atoms with Gasteiger partial charge >= 0.3 is 0 Å². The van der Waals surface area contributed by atoms with Crippen molar-refractivity contribution in [2.45, 2.75) is 32.6 Å². The number of fused-ring (bicyclic) bond motifs is 3. The van der Waals surface area contributed by atoms with Crippen molar-refractivity contribution in [3.8, 4) is 11.5 Å². The molecule has 160 valence electrons. The van der Waals surface area contributed by atoms with Crippen molar-refractivity contribution in [2.24, 2.45) is 5.92 Å². The Morgan fingerprint density at radius 2 is 1.87 bits per heavy atom.